The Morgan fingerprint density at radius 2 is 2.08 bits per heavy atom. The normalized spacial score (nSPS) is 10.5. The molecule has 0 aliphatic heterocycles. The standard InChI is InChI=1S/C10H12ClNO/c1-6(2)8-4-9(7(3)13)12-10(11)5-8/h4-6H,1-3H3. The van der Waals surface area contributed by atoms with Crippen LogP contribution in [0, 0.1) is 0 Å². The van der Waals surface area contributed by atoms with Gasteiger partial charge in [0.25, 0.3) is 0 Å². The molecule has 70 valence electrons. The smallest absolute Gasteiger partial charge is 0.178 e. The Balaban J connectivity index is 3.19. The third-order valence-electron chi connectivity index (χ3n) is 1.84. The Kier molecular flexibility index (Phi) is 3.04. The van der Waals surface area contributed by atoms with Crippen molar-refractivity contribution in [2.45, 2.75) is 26.7 Å². The molecule has 2 nitrogen and oxygen atoms in total. The van der Waals surface area contributed by atoms with Crippen molar-refractivity contribution >= 4 is 17.4 Å². The van der Waals surface area contributed by atoms with Crippen molar-refractivity contribution in [3.05, 3.63) is 28.5 Å². The van der Waals surface area contributed by atoms with E-state index < -0.39 is 0 Å². The zero-order chi connectivity index (χ0) is 10.0. The van der Waals surface area contributed by atoms with Crippen LogP contribution in [0.25, 0.3) is 0 Å². The molecule has 1 rings (SSSR count). The van der Waals surface area contributed by atoms with E-state index in [2.05, 4.69) is 18.8 Å². The molecule has 0 aliphatic rings. The molecule has 0 saturated carbocycles. The Morgan fingerprint density at radius 3 is 2.54 bits per heavy atom. The van der Waals surface area contributed by atoms with E-state index >= 15 is 0 Å². The molecule has 1 aromatic heterocycles. The van der Waals surface area contributed by atoms with Gasteiger partial charge >= 0.3 is 0 Å². The second kappa shape index (κ2) is 3.88. The van der Waals surface area contributed by atoms with E-state index in [1.54, 1.807) is 12.1 Å². The molecule has 0 atom stereocenters. The summed E-state index contributed by atoms with van der Waals surface area (Å²) in [5.74, 6) is 0.308. The van der Waals surface area contributed by atoms with Crippen molar-refractivity contribution in [3.63, 3.8) is 0 Å². The number of pyridine rings is 1. The van der Waals surface area contributed by atoms with Crippen molar-refractivity contribution in [2.24, 2.45) is 0 Å². The minimum absolute atomic E-state index is 0.0515. The molecule has 0 bridgehead atoms. The van der Waals surface area contributed by atoms with Crippen LogP contribution in [-0.2, 0) is 0 Å². The summed E-state index contributed by atoms with van der Waals surface area (Å²) < 4.78 is 0. The SMILES string of the molecule is CC(=O)c1cc(C(C)C)cc(Cl)n1. The topological polar surface area (TPSA) is 30.0 Å². The van der Waals surface area contributed by atoms with Gasteiger partial charge in [-0.15, -0.1) is 0 Å². The predicted octanol–water partition coefficient (Wildman–Crippen LogP) is 3.06. The van der Waals surface area contributed by atoms with E-state index in [0.717, 1.165) is 5.56 Å². The fraction of sp³-hybridized carbons (Fsp3) is 0.400. The first kappa shape index (κ1) is 10.2. The highest BCUT2D eigenvalue weighted by Gasteiger charge is 2.07. The molecule has 0 fully saturated rings. The minimum atomic E-state index is -0.0515. The molecule has 0 radical (unpaired) electrons. The molecule has 0 aliphatic carbocycles. The summed E-state index contributed by atoms with van der Waals surface area (Å²) in [6.07, 6.45) is 0. The average molecular weight is 198 g/mol. The monoisotopic (exact) mass is 197 g/mol. The van der Waals surface area contributed by atoms with Crippen molar-refractivity contribution in [3.8, 4) is 0 Å². The molecule has 13 heavy (non-hydrogen) atoms. The molecular weight excluding hydrogens is 186 g/mol. The van der Waals surface area contributed by atoms with Crippen molar-refractivity contribution in [1.82, 2.24) is 4.98 Å². The number of halogens is 1. The van der Waals surface area contributed by atoms with Crippen LogP contribution in [0.5, 0.6) is 0 Å². The quantitative estimate of drug-likeness (QED) is 0.539. The summed E-state index contributed by atoms with van der Waals surface area (Å²) in [5, 5.41) is 0.386. The molecule has 0 amide bonds. The van der Waals surface area contributed by atoms with E-state index in [9.17, 15) is 4.79 Å². The highest BCUT2D eigenvalue weighted by Crippen LogP contribution is 2.18. The average Bonchev–Trinajstić information content (AvgIpc) is 2.03. The van der Waals surface area contributed by atoms with Crippen LogP contribution >= 0.6 is 11.6 Å². The number of carbonyl (C=O) groups is 1. The molecule has 3 heteroatoms. The second-order valence-corrected chi connectivity index (χ2v) is 3.71. The zero-order valence-corrected chi connectivity index (χ0v) is 8.72. The highest BCUT2D eigenvalue weighted by atomic mass is 35.5. The number of hydrogen-bond donors (Lipinski definition) is 0. The van der Waals surface area contributed by atoms with Gasteiger partial charge in [-0.3, -0.25) is 4.79 Å². The van der Waals surface area contributed by atoms with Gasteiger partial charge in [0.15, 0.2) is 5.78 Å². The van der Waals surface area contributed by atoms with E-state index in [-0.39, 0.29) is 5.78 Å². The lowest BCUT2D eigenvalue weighted by molar-refractivity contribution is 0.101. The first-order valence-electron chi connectivity index (χ1n) is 4.19. The molecule has 0 spiro atoms. The van der Waals surface area contributed by atoms with Crippen molar-refractivity contribution < 1.29 is 4.79 Å². The number of nitrogens with zero attached hydrogens (tertiary/aromatic N) is 1. The molecular formula is C10H12ClNO. The van der Waals surface area contributed by atoms with Crippen LogP contribution in [0.1, 0.15) is 42.7 Å². The number of hydrogen-bond acceptors (Lipinski definition) is 2. The molecule has 1 aromatic rings. The Morgan fingerprint density at radius 1 is 1.46 bits per heavy atom. The van der Waals surface area contributed by atoms with Gasteiger partial charge in [0.1, 0.15) is 10.8 Å². The van der Waals surface area contributed by atoms with Gasteiger partial charge in [-0.2, -0.15) is 0 Å². The lowest BCUT2D eigenvalue weighted by Gasteiger charge is -2.06. The van der Waals surface area contributed by atoms with Gasteiger partial charge < -0.3 is 0 Å². The number of Topliss-reactive ketones (excluding diaryl/α,β-unsaturated/α-hetero) is 1. The summed E-state index contributed by atoms with van der Waals surface area (Å²) in [5.41, 5.74) is 1.49. The molecule has 0 aromatic carbocycles. The fourth-order valence-electron chi connectivity index (χ4n) is 1.03. The summed E-state index contributed by atoms with van der Waals surface area (Å²) in [6, 6.07) is 3.58. The van der Waals surface area contributed by atoms with E-state index in [4.69, 9.17) is 11.6 Å². The van der Waals surface area contributed by atoms with E-state index in [1.807, 2.05) is 0 Å². The summed E-state index contributed by atoms with van der Waals surface area (Å²) in [7, 11) is 0. The van der Waals surface area contributed by atoms with Gasteiger partial charge in [0.2, 0.25) is 0 Å². The molecule has 0 unspecified atom stereocenters. The fourth-order valence-corrected chi connectivity index (χ4v) is 1.25. The number of rotatable bonds is 2. The van der Waals surface area contributed by atoms with Gasteiger partial charge in [-0.1, -0.05) is 25.4 Å². The first-order chi connectivity index (χ1) is 6.00. The van der Waals surface area contributed by atoms with Gasteiger partial charge in [0.05, 0.1) is 0 Å². The third kappa shape index (κ3) is 2.52. The lowest BCUT2D eigenvalue weighted by atomic mass is 10.0. The largest absolute Gasteiger partial charge is 0.293 e. The Bertz CT molecular complexity index is 334. The van der Waals surface area contributed by atoms with Gasteiger partial charge in [-0.05, 0) is 23.6 Å². The van der Waals surface area contributed by atoms with Crippen LogP contribution < -0.4 is 0 Å². The van der Waals surface area contributed by atoms with Crippen LogP contribution in [0.15, 0.2) is 12.1 Å². The second-order valence-electron chi connectivity index (χ2n) is 3.32. The lowest BCUT2D eigenvalue weighted by Crippen LogP contribution is -1.99. The third-order valence-corrected chi connectivity index (χ3v) is 2.04. The predicted molar refractivity (Wildman–Crippen MR) is 53.3 cm³/mol. The molecule has 0 saturated heterocycles. The molecule has 0 N–H and O–H groups in total. The van der Waals surface area contributed by atoms with Gasteiger partial charge in [-0.25, -0.2) is 4.98 Å². The first-order valence-corrected chi connectivity index (χ1v) is 4.57. The van der Waals surface area contributed by atoms with Crippen LogP contribution in [-0.4, -0.2) is 10.8 Å². The van der Waals surface area contributed by atoms with E-state index in [1.165, 1.54) is 6.92 Å². The number of aromatic nitrogens is 1. The Labute approximate surface area is 82.9 Å². The van der Waals surface area contributed by atoms with Crippen LogP contribution in [0.2, 0.25) is 5.15 Å². The van der Waals surface area contributed by atoms with Gasteiger partial charge in [0, 0.05) is 6.92 Å². The van der Waals surface area contributed by atoms with E-state index in [0.29, 0.717) is 16.8 Å². The maximum Gasteiger partial charge on any atom is 0.178 e. The van der Waals surface area contributed by atoms with Crippen molar-refractivity contribution in [1.29, 1.82) is 0 Å². The summed E-state index contributed by atoms with van der Waals surface area (Å²) in [4.78, 5) is 15.0. The number of carbonyl (C=O) groups excluding carboxylic acids is 1. The maximum absolute atomic E-state index is 11.1. The Hall–Kier alpha value is -0.890. The van der Waals surface area contributed by atoms with Crippen LogP contribution in [0.3, 0.4) is 0 Å². The maximum atomic E-state index is 11.1. The highest BCUT2D eigenvalue weighted by molar-refractivity contribution is 6.29. The summed E-state index contributed by atoms with van der Waals surface area (Å²) >= 11 is 5.77. The molecule has 1 heterocycles. The van der Waals surface area contributed by atoms with Crippen molar-refractivity contribution in [2.75, 3.05) is 0 Å². The number of ketones is 1. The summed E-state index contributed by atoms with van der Waals surface area (Å²) in [6.45, 7) is 5.59. The van der Waals surface area contributed by atoms with Crippen LogP contribution in [0.4, 0.5) is 0 Å². The minimum Gasteiger partial charge on any atom is -0.293 e. The zero-order valence-electron chi connectivity index (χ0n) is 7.97.